The van der Waals surface area contributed by atoms with Crippen LogP contribution in [-0.2, 0) is 9.53 Å². The monoisotopic (exact) mass is 243 g/mol. The van der Waals surface area contributed by atoms with Gasteiger partial charge < -0.3 is 4.74 Å². The summed E-state index contributed by atoms with van der Waals surface area (Å²) in [6.07, 6.45) is 1.33. The average molecular weight is 243 g/mol. The van der Waals surface area contributed by atoms with Gasteiger partial charge in [0.1, 0.15) is 12.0 Å². The first-order chi connectivity index (χ1) is 8.61. The van der Waals surface area contributed by atoms with Crippen molar-refractivity contribution in [2.45, 2.75) is 44.8 Å². The first-order valence-corrected chi connectivity index (χ1v) is 6.27. The minimum Gasteiger partial charge on any atom is -0.367 e. The number of hydrogen-bond donors (Lipinski definition) is 0. The van der Waals surface area contributed by atoms with Crippen LogP contribution in [0.25, 0.3) is 0 Å². The summed E-state index contributed by atoms with van der Waals surface area (Å²) in [7, 11) is 0. The number of carbonyl (C=O) groups excluding carboxylic acids is 1. The zero-order valence-corrected chi connectivity index (χ0v) is 10.7. The number of hydrogen-bond acceptors (Lipinski definition) is 3. The van der Waals surface area contributed by atoms with E-state index in [1.807, 2.05) is 38.1 Å². The quantitative estimate of drug-likeness (QED) is 0.820. The van der Waals surface area contributed by atoms with Crippen LogP contribution in [-0.4, -0.2) is 18.0 Å². The summed E-state index contributed by atoms with van der Waals surface area (Å²) in [5.74, 6) is -0.813. The molecule has 3 heteroatoms. The van der Waals surface area contributed by atoms with Crippen LogP contribution in [0.3, 0.4) is 0 Å². The van der Waals surface area contributed by atoms with Gasteiger partial charge in [-0.05, 0) is 32.3 Å². The van der Waals surface area contributed by atoms with E-state index in [1.54, 1.807) is 0 Å². The Morgan fingerprint density at radius 3 is 2.56 bits per heavy atom. The van der Waals surface area contributed by atoms with Crippen molar-refractivity contribution >= 4 is 5.78 Å². The van der Waals surface area contributed by atoms with Gasteiger partial charge in [-0.2, -0.15) is 5.26 Å². The number of ketones is 1. The second-order valence-corrected chi connectivity index (χ2v) is 4.89. The standard InChI is InChI=1S/C15H17NO2/c1-10-3-6-12(7-4-10)13(9-16)15(17)14-8-5-11(2)18-14/h3-4,6-7,11,13-14H,5,8H2,1-2H3. The molecule has 3 nitrogen and oxygen atoms in total. The van der Waals surface area contributed by atoms with Crippen molar-refractivity contribution in [1.29, 1.82) is 5.26 Å². The van der Waals surface area contributed by atoms with Gasteiger partial charge in [0.15, 0.2) is 5.78 Å². The minimum atomic E-state index is -0.708. The van der Waals surface area contributed by atoms with E-state index in [0.717, 1.165) is 24.0 Å². The molecule has 3 atom stereocenters. The van der Waals surface area contributed by atoms with Gasteiger partial charge in [-0.3, -0.25) is 4.79 Å². The van der Waals surface area contributed by atoms with Gasteiger partial charge in [0.05, 0.1) is 12.2 Å². The predicted molar refractivity (Wildman–Crippen MR) is 68.1 cm³/mol. The molecule has 18 heavy (non-hydrogen) atoms. The first kappa shape index (κ1) is 12.8. The van der Waals surface area contributed by atoms with E-state index in [1.165, 1.54) is 0 Å². The molecule has 2 rings (SSSR count). The molecular weight excluding hydrogens is 226 g/mol. The zero-order chi connectivity index (χ0) is 13.1. The molecule has 1 aromatic carbocycles. The summed E-state index contributed by atoms with van der Waals surface area (Å²) in [5.41, 5.74) is 1.88. The van der Waals surface area contributed by atoms with Crippen LogP contribution in [0, 0.1) is 18.3 Å². The summed E-state index contributed by atoms with van der Waals surface area (Å²) >= 11 is 0. The normalized spacial score (nSPS) is 24.5. The third-order valence-corrected chi connectivity index (χ3v) is 3.37. The molecule has 0 aromatic heterocycles. The third kappa shape index (κ3) is 2.60. The van der Waals surface area contributed by atoms with E-state index in [-0.39, 0.29) is 11.9 Å². The Kier molecular flexibility index (Phi) is 3.78. The largest absolute Gasteiger partial charge is 0.367 e. The highest BCUT2D eigenvalue weighted by molar-refractivity contribution is 5.92. The third-order valence-electron chi connectivity index (χ3n) is 3.37. The number of ether oxygens (including phenoxy) is 1. The fourth-order valence-electron chi connectivity index (χ4n) is 2.26. The summed E-state index contributed by atoms with van der Waals surface area (Å²) in [6.45, 7) is 3.94. The van der Waals surface area contributed by atoms with Gasteiger partial charge in [-0.25, -0.2) is 0 Å². The molecule has 0 spiro atoms. The van der Waals surface area contributed by atoms with Crippen LogP contribution < -0.4 is 0 Å². The van der Waals surface area contributed by atoms with Crippen LogP contribution in [0.1, 0.15) is 36.8 Å². The Morgan fingerprint density at radius 1 is 1.39 bits per heavy atom. The number of nitrogens with zero attached hydrogens (tertiary/aromatic N) is 1. The number of rotatable bonds is 3. The smallest absolute Gasteiger partial charge is 0.183 e. The lowest BCUT2D eigenvalue weighted by atomic mass is 9.91. The second-order valence-electron chi connectivity index (χ2n) is 4.89. The highest BCUT2D eigenvalue weighted by atomic mass is 16.5. The van der Waals surface area contributed by atoms with Crippen molar-refractivity contribution in [2.24, 2.45) is 0 Å². The Labute approximate surface area is 107 Å². The molecule has 94 valence electrons. The molecule has 0 amide bonds. The molecule has 1 aliphatic heterocycles. The minimum absolute atomic E-state index is 0.106. The summed E-state index contributed by atoms with van der Waals surface area (Å²) < 4.78 is 5.55. The number of Topliss-reactive ketones (excluding diaryl/α,β-unsaturated/α-hetero) is 1. The number of carbonyl (C=O) groups is 1. The van der Waals surface area contributed by atoms with E-state index < -0.39 is 12.0 Å². The number of benzene rings is 1. The average Bonchev–Trinajstić information content (AvgIpc) is 2.79. The van der Waals surface area contributed by atoms with Gasteiger partial charge >= 0.3 is 0 Å². The topological polar surface area (TPSA) is 50.1 Å². The Bertz CT molecular complexity index is 472. The highest BCUT2D eigenvalue weighted by Crippen LogP contribution is 2.26. The molecule has 0 bridgehead atoms. The van der Waals surface area contributed by atoms with Gasteiger partial charge in [-0.15, -0.1) is 0 Å². The van der Waals surface area contributed by atoms with E-state index in [9.17, 15) is 10.1 Å². The maximum absolute atomic E-state index is 12.3. The van der Waals surface area contributed by atoms with Crippen molar-refractivity contribution in [3.63, 3.8) is 0 Å². The van der Waals surface area contributed by atoms with Crippen molar-refractivity contribution in [3.8, 4) is 6.07 Å². The molecule has 1 saturated heterocycles. The zero-order valence-electron chi connectivity index (χ0n) is 10.7. The molecule has 0 aliphatic carbocycles. The van der Waals surface area contributed by atoms with Crippen molar-refractivity contribution < 1.29 is 9.53 Å². The number of aryl methyl sites for hydroxylation is 1. The SMILES string of the molecule is Cc1ccc(C(C#N)C(=O)C2CCC(C)O2)cc1. The summed E-state index contributed by atoms with van der Waals surface area (Å²) in [5, 5.41) is 9.22. The van der Waals surface area contributed by atoms with Crippen LogP contribution in [0.5, 0.6) is 0 Å². The molecule has 1 aliphatic rings. The Balaban J connectivity index is 2.16. The highest BCUT2D eigenvalue weighted by Gasteiger charge is 2.33. The van der Waals surface area contributed by atoms with E-state index >= 15 is 0 Å². The molecule has 1 aromatic rings. The molecule has 0 N–H and O–H groups in total. The van der Waals surface area contributed by atoms with Crippen LogP contribution in [0.2, 0.25) is 0 Å². The lowest BCUT2D eigenvalue weighted by Gasteiger charge is -2.14. The van der Waals surface area contributed by atoms with E-state index in [2.05, 4.69) is 6.07 Å². The summed E-state index contributed by atoms with van der Waals surface area (Å²) in [4.78, 5) is 12.3. The van der Waals surface area contributed by atoms with Gasteiger partial charge in [0.25, 0.3) is 0 Å². The molecule has 1 heterocycles. The van der Waals surface area contributed by atoms with Crippen molar-refractivity contribution in [1.82, 2.24) is 0 Å². The van der Waals surface area contributed by atoms with Crippen LogP contribution in [0.15, 0.2) is 24.3 Å². The van der Waals surface area contributed by atoms with Gasteiger partial charge in [-0.1, -0.05) is 29.8 Å². The fraction of sp³-hybridized carbons (Fsp3) is 0.467. The second kappa shape index (κ2) is 5.32. The van der Waals surface area contributed by atoms with Gasteiger partial charge in [0, 0.05) is 0 Å². The molecule has 3 unspecified atom stereocenters. The van der Waals surface area contributed by atoms with Crippen molar-refractivity contribution in [2.75, 3.05) is 0 Å². The molecule has 1 fully saturated rings. The fourth-order valence-corrected chi connectivity index (χ4v) is 2.26. The van der Waals surface area contributed by atoms with Crippen molar-refractivity contribution in [3.05, 3.63) is 35.4 Å². The van der Waals surface area contributed by atoms with Gasteiger partial charge in [0.2, 0.25) is 0 Å². The molecular formula is C15H17NO2. The maximum Gasteiger partial charge on any atom is 0.183 e. The summed E-state index contributed by atoms with van der Waals surface area (Å²) in [6, 6.07) is 9.64. The van der Waals surface area contributed by atoms with Crippen LogP contribution in [0.4, 0.5) is 0 Å². The Morgan fingerprint density at radius 2 is 2.06 bits per heavy atom. The lowest BCUT2D eigenvalue weighted by molar-refractivity contribution is -0.129. The van der Waals surface area contributed by atoms with Crippen LogP contribution >= 0.6 is 0 Å². The van der Waals surface area contributed by atoms with E-state index in [4.69, 9.17) is 4.74 Å². The first-order valence-electron chi connectivity index (χ1n) is 6.27. The molecule has 0 saturated carbocycles. The van der Waals surface area contributed by atoms with E-state index in [0.29, 0.717) is 0 Å². The predicted octanol–water partition coefficient (Wildman–Crippen LogP) is 2.74. The molecule has 0 radical (unpaired) electrons. The lowest BCUT2D eigenvalue weighted by Crippen LogP contribution is -2.26. The Hall–Kier alpha value is -1.66. The number of nitriles is 1. The maximum atomic E-state index is 12.3.